The molecule has 0 fully saturated rings. The van der Waals surface area contributed by atoms with Crippen LogP contribution in [0.4, 0.5) is 4.39 Å². The quantitative estimate of drug-likeness (QED) is 0.614. The van der Waals surface area contributed by atoms with Gasteiger partial charge in [0.2, 0.25) is 5.91 Å². The third-order valence-electron chi connectivity index (χ3n) is 2.26. The van der Waals surface area contributed by atoms with Crippen molar-refractivity contribution >= 4 is 23.6 Å². The normalized spacial score (nSPS) is 10.1. The van der Waals surface area contributed by atoms with E-state index in [1.807, 2.05) is 0 Å². The second kappa shape index (κ2) is 7.00. The molecule has 0 spiro atoms. The fourth-order valence-corrected chi connectivity index (χ4v) is 2.21. The highest BCUT2D eigenvalue weighted by atomic mass is 32.2. The van der Waals surface area contributed by atoms with Crippen LogP contribution < -0.4 is 5.32 Å². The molecule has 1 amide bonds. The van der Waals surface area contributed by atoms with Crippen molar-refractivity contribution in [2.24, 2.45) is 0 Å². The maximum atomic E-state index is 13.4. The van der Waals surface area contributed by atoms with Gasteiger partial charge in [-0.3, -0.25) is 4.79 Å². The molecule has 0 bridgehead atoms. The van der Waals surface area contributed by atoms with Crippen LogP contribution in [0.3, 0.4) is 0 Å². The van der Waals surface area contributed by atoms with Crippen molar-refractivity contribution in [3.63, 3.8) is 0 Å². The van der Waals surface area contributed by atoms with E-state index in [2.05, 4.69) is 5.32 Å². The molecule has 0 aromatic heterocycles. The molecule has 1 rings (SSSR count). The Morgan fingerprint density at radius 2 is 2.17 bits per heavy atom. The predicted octanol–water partition coefficient (Wildman–Crippen LogP) is 2.14. The van der Waals surface area contributed by atoms with E-state index in [1.165, 1.54) is 23.9 Å². The van der Waals surface area contributed by atoms with Crippen LogP contribution in [0.2, 0.25) is 0 Å². The number of carbonyl (C=O) groups is 2. The number of carboxylic acid groups (broad SMARTS) is 1. The van der Waals surface area contributed by atoms with Crippen LogP contribution in [-0.4, -0.2) is 29.8 Å². The van der Waals surface area contributed by atoms with Crippen molar-refractivity contribution in [2.45, 2.75) is 17.7 Å². The minimum Gasteiger partial charge on any atom is -0.478 e. The molecule has 0 saturated heterocycles. The third kappa shape index (κ3) is 4.37. The van der Waals surface area contributed by atoms with Gasteiger partial charge in [-0.05, 0) is 30.4 Å². The fraction of sp³-hybridized carbons (Fsp3) is 0.333. The van der Waals surface area contributed by atoms with E-state index in [4.69, 9.17) is 5.11 Å². The van der Waals surface area contributed by atoms with Crippen molar-refractivity contribution < 1.29 is 19.1 Å². The van der Waals surface area contributed by atoms with Gasteiger partial charge in [-0.25, -0.2) is 9.18 Å². The Bertz CT molecular complexity index is 451. The predicted molar refractivity (Wildman–Crippen MR) is 67.4 cm³/mol. The highest BCUT2D eigenvalue weighted by Gasteiger charge is 2.09. The number of rotatable bonds is 6. The largest absolute Gasteiger partial charge is 0.478 e. The summed E-state index contributed by atoms with van der Waals surface area (Å²) in [4.78, 5) is 22.0. The highest BCUT2D eigenvalue weighted by molar-refractivity contribution is 7.99. The van der Waals surface area contributed by atoms with Gasteiger partial charge in [0.1, 0.15) is 5.82 Å². The summed E-state index contributed by atoms with van der Waals surface area (Å²) in [5, 5.41) is 11.3. The maximum absolute atomic E-state index is 13.4. The third-order valence-corrected chi connectivity index (χ3v) is 3.38. The Labute approximate surface area is 109 Å². The van der Waals surface area contributed by atoms with Gasteiger partial charge in [-0.1, -0.05) is 0 Å². The number of amides is 1. The molecular formula is C12H14FNO3S. The molecule has 1 aromatic carbocycles. The van der Waals surface area contributed by atoms with E-state index < -0.39 is 11.8 Å². The van der Waals surface area contributed by atoms with Crippen LogP contribution in [0.25, 0.3) is 0 Å². The molecule has 0 atom stereocenters. The lowest BCUT2D eigenvalue weighted by atomic mass is 10.2. The Morgan fingerprint density at radius 3 is 2.78 bits per heavy atom. The van der Waals surface area contributed by atoms with Gasteiger partial charge in [0.05, 0.1) is 5.56 Å². The lowest BCUT2D eigenvalue weighted by Gasteiger charge is -2.04. The van der Waals surface area contributed by atoms with E-state index in [-0.39, 0.29) is 11.5 Å². The van der Waals surface area contributed by atoms with Crippen molar-refractivity contribution in [2.75, 3.05) is 12.8 Å². The number of benzene rings is 1. The molecule has 0 heterocycles. The molecule has 4 nitrogen and oxygen atoms in total. The van der Waals surface area contributed by atoms with Crippen LogP contribution in [-0.2, 0) is 4.79 Å². The number of nitrogens with one attached hydrogen (secondary N) is 1. The van der Waals surface area contributed by atoms with Gasteiger partial charge in [0, 0.05) is 18.4 Å². The number of halogens is 1. The van der Waals surface area contributed by atoms with Crippen molar-refractivity contribution in [3.8, 4) is 0 Å². The summed E-state index contributed by atoms with van der Waals surface area (Å²) in [5.41, 5.74) is 0.0604. The van der Waals surface area contributed by atoms with Crippen LogP contribution in [0.5, 0.6) is 0 Å². The molecular weight excluding hydrogens is 257 g/mol. The molecule has 18 heavy (non-hydrogen) atoms. The maximum Gasteiger partial charge on any atom is 0.335 e. The molecule has 6 heteroatoms. The summed E-state index contributed by atoms with van der Waals surface area (Å²) in [6.45, 7) is 0. The van der Waals surface area contributed by atoms with Crippen molar-refractivity contribution in [1.82, 2.24) is 5.32 Å². The number of thioether (sulfide) groups is 1. The first-order valence-electron chi connectivity index (χ1n) is 5.41. The first-order chi connectivity index (χ1) is 8.54. The monoisotopic (exact) mass is 271 g/mol. The molecule has 0 aliphatic carbocycles. The van der Waals surface area contributed by atoms with Gasteiger partial charge in [-0.15, -0.1) is 11.8 Å². The molecule has 0 unspecified atom stereocenters. The zero-order chi connectivity index (χ0) is 13.5. The molecule has 0 aliphatic rings. The minimum atomic E-state index is -1.08. The smallest absolute Gasteiger partial charge is 0.335 e. The van der Waals surface area contributed by atoms with E-state index in [1.54, 1.807) is 7.05 Å². The lowest BCUT2D eigenvalue weighted by Crippen LogP contribution is -2.17. The first-order valence-corrected chi connectivity index (χ1v) is 6.39. The summed E-state index contributed by atoms with van der Waals surface area (Å²) in [5.74, 6) is -1.02. The Hall–Kier alpha value is -1.56. The van der Waals surface area contributed by atoms with Crippen LogP contribution >= 0.6 is 11.8 Å². The molecule has 0 saturated carbocycles. The number of aromatic carboxylic acids is 1. The van der Waals surface area contributed by atoms with Gasteiger partial charge < -0.3 is 10.4 Å². The van der Waals surface area contributed by atoms with E-state index >= 15 is 0 Å². The van der Waals surface area contributed by atoms with Gasteiger partial charge in [-0.2, -0.15) is 0 Å². The Balaban J connectivity index is 2.53. The van der Waals surface area contributed by atoms with E-state index in [0.717, 1.165) is 6.07 Å². The van der Waals surface area contributed by atoms with Gasteiger partial charge in [0.15, 0.2) is 0 Å². The second-order valence-corrected chi connectivity index (χ2v) is 4.71. The highest BCUT2D eigenvalue weighted by Crippen LogP contribution is 2.24. The molecule has 98 valence electrons. The lowest BCUT2D eigenvalue weighted by molar-refractivity contribution is -0.120. The number of carbonyl (C=O) groups excluding carboxylic acids is 1. The summed E-state index contributed by atoms with van der Waals surface area (Å²) < 4.78 is 13.4. The standard InChI is InChI=1S/C12H14FNO3S/c1-14-11(15)3-2-6-18-10-7-8(12(16)17)4-5-9(10)13/h4-5,7H,2-3,6H2,1H3,(H,14,15)(H,16,17). The number of hydrogen-bond acceptors (Lipinski definition) is 3. The number of carboxylic acids is 1. The van der Waals surface area contributed by atoms with Crippen LogP contribution in [0, 0.1) is 5.82 Å². The second-order valence-electron chi connectivity index (χ2n) is 3.58. The number of hydrogen-bond donors (Lipinski definition) is 2. The summed E-state index contributed by atoms with van der Waals surface area (Å²) in [6.07, 6.45) is 0.991. The SMILES string of the molecule is CNC(=O)CCCSc1cc(C(=O)O)ccc1F. The van der Waals surface area contributed by atoms with Gasteiger partial charge in [0.25, 0.3) is 0 Å². The first kappa shape index (κ1) is 14.5. The summed E-state index contributed by atoms with van der Waals surface area (Å²) in [7, 11) is 1.56. The summed E-state index contributed by atoms with van der Waals surface area (Å²) in [6, 6.07) is 3.68. The van der Waals surface area contributed by atoms with Crippen LogP contribution in [0.1, 0.15) is 23.2 Å². The molecule has 1 aromatic rings. The van der Waals surface area contributed by atoms with Gasteiger partial charge >= 0.3 is 5.97 Å². The average Bonchev–Trinajstić information content (AvgIpc) is 2.35. The fourth-order valence-electron chi connectivity index (χ4n) is 1.29. The Kier molecular flexibility index (Phi) is 5.64. The van der Waals surface area contributed by atoms with E-state index in [9.17, 15) is 14.0 Å². The van der Waals surface area contributed by atoms with Crippen LogP contribution in [0.15, 0.2) is 23.1 Å². The topological polar surface area (TPSA) is 66.4 Å². The molecule has 0 aliphatic heterocycles. The zero-order valence-corrected chi connectivity index (χ0v) is 10.7. The zero-order valence-electron chi connectivity index (χ0n) is 9.90. The van der Waals surface area contributed by atoms with Crippen molar-refractivity contribution in [1.29, 1.82) is 0 Å². The van der Waals surface area contributed by atoms with E-state index in [0.29, 0.717) is 23.5 Å². The molecule has 0 radical (unpaired) electrons. The summed E-state index contributed by atoms with van der Waals surface area (Å²) >= 11 is 1.21. The van der Waals surface area contributed by atoms with Crippen molar-refractivity contribution in [3.05, 3.63) is 29.6 Å². The average molecular weight is 271 g/mol. The minimum absolute atomic E-state index is 0.0599. The molecule has 2 N–H and O–H groups in total. The Morgan fingerprint density at radius 1 is 1.44 bits per heavy atom.